The second kappa shape index (κ2) is 10.7. The molecule has 2 aromatic rings. The molecule has 0 bridgehead atoms. The number of ether oxygens (including phenoxy) is 2. The van der Waals surface area contributed by atoms with Crippen LogP contribution in [0.3, 0.4) is 0 Å². The van der Waals surface area contributed by atoms with E-state index in [0.29, 0.717) is 31.2 Å². The van der Waals surface area contributed by atoms with Crippen molar-refractivity contribution in [2.45, 2.75) is 33.1 Å². The Kier molecular flexibility index (Phi) is 8.19. The van der Waals surface area contributed by atoms with Gasteiger partial charge in [0, 0.05) is 32.4 Å². The van der Waals surface area contributed by atoms with E-state index in [0.717, 1.165) is 35.9 Å². The Labute approximate surface area is 192 Å². The number of aromatic carboxylic acids is 1. The first-order valence-corrected chi connectivity index (χ1v) is 14.0. The Morgan fingerprint density at radius 3 is 2.72 bits per heavy atom. The summed E-state index contributed by atoms with van der Waals surface area (Å²) in [4.78, 5) is 18.9. The molecule has 0 spiro atoms. The number of anilines is 1. The van der Waals surface area contributed by atoms with Crippen molar-refractivity contribution >= 4 is 21.8 Å². The van der Waals surface area contributed by atoms with Crippen LogP contribution >= 0.6 is 10.0 Å². The van der Waals surface area contributed by atoms with Gasteiger partial charge in [-0.15, -0.1) is 0 Å². The zero-order valence-corrected chi connectivity index (χ0v) is 20.7. The van der Waals surface area contributed by atoms with Crippen LogP contribution in [-0.2, 0) is 29.2 Å². The van der Waals surface area contributed by atoms with Crippen molar-refractivity contribution in [3.05, 3.63) is 40.8 Å². The lowest BCUT2D eigenvalue weighted by Crippen LogP contribution is -2.21. The zero-order chi connectivity index (χ0) is 23.3. The van der Waals surface area contributed by atoms with Gasteiger partial charge in [-0.3, -0.25) is 0 Å². The van der Waals surface area contributed by atoms with Crippen molar-refractivity contribution in [2.75, 3.05) is 56.2 Å². The third-order valence-electron chi connectivity index (χ3n) is 5.56. The topological polar surface area (TPSA) is 89.7 Å². The Morgan fingerprint density at radius 1 is 1.31 bits per heavy atom. The summed E-state index contributed by atoms with van der Waals surface area (Å²) in [5.41, 5.74) is 2.66. The van der Waals surface area contributed by atoms with Crippen LogP contribution in [0.1, 0.15) is 40.8 Å². The van der Waals surface area contributed by atoms with Crippen LogP contribution in [0.4, 0.5) is 5.82 Å². The highest BCUT2D eigenvalue weighted by molar-refractivity contribution is 8.32. The number of pyridine rings is 1. The first-order chi connectivity index (χ1) is 15.2. The molecule has 1 N–H and O–H groups in total. The maximum Gasteiger partial charge on any atom is 0.354 e. The average Bonchev–Trinajstić information content (AvgIpc) is 3.32. The van der Waals surface area contributed by atoms with Crippen LogP contribution in [-0.4, -0.2) is 77.2 Å². The van der Waals surface area contributed by atoms with Crippen molar-refractivity contribution in [3.63, 3.8) is 0 Å². The standard InChI is InChI=1S/C23H36N4O4S/c1-17-8-9-26(14-17)22-7-6-18(20(24-22)15-30-2)12-19-13-21(23(28)29)27(25-19)16-31-10-11-32(3,4)5/h6-7,13,17H,8-12,14-16H2,1-5H3,(H,28,29). The van der Waals surface area contributed by atoms with Crippen molar-refractivity contribution < 1.29 is 19.4 Å². The largest absolute Gasteiger partial charge is 0.477 e. The van der Waals surface area contributed by atoms with Gasteiger partial charge in [0.15, 0.2) is 0 Å². The highest BCUT2D eigenvalue weighted by Gasteiger charge is 2.21. The molecule has 178 valence electrons. The summed E-state index contributed by atoms with van der Waals surface area (Å²) in [5, 5.41) is 14.1. The molecule has 2 aromatic heterocycles. The van der Waals surface area contributed by atoms with Gasteiger partial charge in [-0.2, -0.15) is 5.10 Å². The molecular weight excluding hydrogens is 428 g/mol. The van der Waals surface area contributed by atoms with Crippen molar-refractivity contribution in [3.8, 4) is 0 Å². The summed E-state index contributed by atoms with van der Waals surface area (Å²) in [7, 11) is 1.000. The number of methoxy groups -OCH3 is 1. The Hall–Kier alpha value is -2.10. The van der Waals surface area contributed by atoms with E-state index in [9.17, 15) is 9.90 Å². The number of carboxylic acid groups (broad SMARTS) is 1. The van der Waals surface area contributed by atoms with E-state index >= 15 is 0 Å². The quantitative estimate of drug-likeness (QED) is 0.511. The molecule has 1 atom stereocenters. The van der Waals surface area contributed by atoms with Gasteiger partial charge in [-0.25, -0.2) is 24.5 Å². The Balaban J connectivity index is 1.74. The first-order valence-electron chi connectivity index (χ1n) is 10.9. The van der Waals surface area contributed by atoms with Crippen LogP contribution in [0, 0.1) is 5.92 Å². The monoisotopic (exact) mass is 464 g/mol. The number of carbonyl (C=O) groups is 1. The fourth-order valence-electron chi connectivity index (χ4n) is 3.74. The molecule has 0 amide bonds. The SMILES string of the molecule is COCc1nc(N2CCC(C)C2)ccc1Cc1cc(C(=O)O)n(COCCS(C)(C)C)n1. The third kappa shape index (κ3) is 6.70. The summed E-state index contributed by atoms with van der Waals surface area (Å²) in [5.74, 6) is 1.60. The minimum atomic E-state index is -1.01. The second-order valence-electron chi connectivity index (χ2n) is 9.38. The zero-order valence-electron chi connectivity index (χ0n) is 19.8. The van der Waals surface area contributed by atoms with E-state index < -0.39 is 16.0 Å². The molecule has 1 aliphatic rings. The van der Waals surface area contributed by atoms with Crippen LogP contribution in [0.5, 0.6) is 0 Å². The molecule has 9 heteroatoms. The van der Waals surface area contributed by atoms with Crippen LogP contribution in [0.25, 0.3) is 0 Å². The molecule has 1 saturated heterocycles. The van der Waals surface area contributed by atoms with E-state index in [-0.39, 0.29) is 12.4 Å². The minimum Gasteiger partial charge on any atom is -0.477 e. The van der Waals surface area contributed by atoms with Gasteiger partial charge in [0.2, 0.25) is 0 Å². The minimum absolute atomic E-state index is 0.131. The molecule has 8 nitrogen and oxygen atoms in total. The van der Waals surface area contributed by atoms with E-state index in [4.69, 9.17) is 14.5 Å². The van der Waals surface area contributed by atoms with Crippen molar-refractivity contribution in [2.24, 2.45) is 5.92 Å². The molecule has 1 unspecified atom stereocenters. The van der Waals surface area contributed by atoms with Crippen LogP contribution in [0.15, 0.2) is 18.2 Å². The van der Waals surface area contributed by atoms with Gasteiger partial charge >= 0.3 is 5.97 Å². The number of hydrogen-bond donors (Lipinski definition) is 1. The second-order valence-corrected chi connectivity index (χ2v) is 14.0. The summed E-state index contributed by atoms with van der Waals surface area (Å²) in [6.45, 7) is 5.41. The number of aromatic nitrogens is 3. The van der Waals surface area contributed by atoms with Crippen LogP contribution < -0.4 is 4.90 Å². The smallest absolute Gasteiger partial charge is 0.354 e. The predicted molar refractivity (Wildman–Crippen MR) is 129 cm³/mol. The van der Waals surface area contributed by atoms with Gasteiger partial charge in [-0.05, 0) is 48.8 Å². The molecule has 0 radical (unpaired) electrons. The number of carboxylic acids is 1. The van der Waals surface area contributed by atoms with Gasteiger partial charge in [-0.1, -0.05) is 13.0 Å². The normalized spacial score (nSPS) is 17.2. The molecular formula is C23H36N4O4S. The molecule has 0 aromatic carbocycles. The van der Waals surface area contributed by atoms with Gasteiger partial charge in [0.05, 0.1) is 24.6 Å². The van der Waals surface area contributed by atoms with Crippen LogP contribution in [0.2, 0.25) is 0 Å². The molecule has 0 saturated carbocycles. The molecule has 0 aliphatic carbocycles. The Morgan fingerprint density at radius 2 is 2.09 bits per heavy atom. The Bertz CT molecular complexity index is 925. The summed E-state index contributed by atoms with van der Waals surface area (Å²) in [6, 6.07) is 5.72. The lowest BCUT2D eigenvalue weighted by Gasteiger charge is -2.24. The third-order valence-corrected chi connectivity index (χ3v) is 6.95. The number of hydrogen-bond acceptors (Lipinski definition) is 6. The summed E-state index contributed by atoms with van der Waals surface area (Å²) >= 11 is 0. The molecule has 3 heterocycles. The molecule has 1 aliphatic heterocycles. The van der Waals surface area contributed by atoms with E-state index in [1.165, 1.54) is 11.1 Å². The van der Waals surface area contributed by atoms with Crippen molar-refractivity contribution in [1.82, 2.24) is 14.8 Å². The summed E-state index contributed by atoms with van der Waals surface area (Å²) < 4.78 is 12.5. The fourth-order valence-corrected chi connectivity index (χ4v) is 4.36. The summed E-state index contributed by atoms with van der Waals surface area (Å²) in [6.07, 6.45) is 8.35. The lowest BCUT2D eigenvalue weighted by atomic mass is 10.1. The van der Waals surface area contributed by atoms with E-state index in [1.807, 2.05) is 6.07 Å². The number of rotatable bonds is 11. The highest BCUT2D eigenvalue weighted by atomic mass is 32.3. The van der Waals surface area contributed by atoms with E-state index in [2.05, 4.69) is 41.8 Å². The molecule has 1 fully saturated rings. The molecule has 3 rings (SSSR count). The van der Waals surface area contributed by atoms with E-state index in [1.54, 1.807) is 13.2 Å². The fraction of sp³-hybridized carbons (Fsp3) is 0.609. The average molecular weight is 465 g/mol. The predicted octanol–water partition coefficient (Wildman–Crippen LogP) is 3.23. The number of nitrogens with zero attached hydrogens (tertiary/aromatic N) is 4. The maximum absolute atomic E-state index is 11.7. The first kappa shape index (κ1) is 24.5. The lowest BCUT2D eigenvalue weighted by molar-refractivity contribution is 0.0597. The molecule has 32 heavy (non-hydrogen) atoms. The van der Waals surface area contributed by atoms with Gasteiger partial charge in [0.1, 0.15) is 18.2 Å². The van der Waals surface area contributed by atoms with Gasteiger partial charge < -0.3 is 19.5 Å². The highest BCUT2D eigenvalue weighted by Crippen LogP contribution is 2.33. The van der Waals surface area contributed by atoms with Crippen molar-refractivity contribution in [1.29, 1.82) is 0 Å². The van der Waals surface area contributed by atoms with Gasteiger partial charge in [0.25, 0.3) is 0 Å². The maximum atomic E-state index is 11.7.